The van der Waals surface area contributed by atoms with Gasteiger partial charge >= 0.3 is 5.97 Å². The Morgan fingerprint density at radius 2 is 2.28 bits per heavy atom. The molecule has 3 atom stereocenters. The summed E-state index contributed by atoms with van der Waals surface area (Å²) in [5, 5.41) is 9.01. The number of aliphatic carboxylic acids is 1. The Bertz CT molecular complexity index is 265. The van der Waals surface area contributed by atoms with Gasteiger partial charge in [-0.1, -0.05) is 19.8 Å². The standard InChI is InChI=1S/C14H24O4/c1-2-12(14(16)17)7-6-11-4-3-5-13(10-11)18-9-8-15/h8,11-13H,2-7,9-10H2,1H3,(H,16,17)/t11-,12?,13-/m1/s1. The molecule has 104 valence electrons. The summed E-state index contributed by atoms with van der Waals surface area (Å²) in [6.45, 7) is 2.11. The number of carboxylic acid groups (broad SMARTS) is 1. The smallest absolute Gasteiger partial charge is 0.306 e. The van der Waals surface area contributed by atoms with Crippen LogP contribution in [0.3, 0.4) is 0 Å². The van der Waals surface area contributed by atoms with Crippen LogP contribution in [0.5, 0.6) is 0 Å². The van der Waals surface area contributed by atoms with E-state index < -0.39 is 5.97 Å². The van der Waals surface area contributed by atoms with Gasteiger partial charge in [0.05, 0.1) is 12.0 Å². The van der Waals surface area contributed by atoms with E-state index in [1.165, 1.54) is 0 Å². The summed E-state index contributed by atoms with van der Waals surface area (Å²) >= 11 is 0. The summed E-state index contributed by atoms with van der Waals surface area (Å²) in [4.78, 5) is 21.2. The number of aldehydes is 1. The lowest BCUT2D eigenvalue weighted by Gasteiger charge is -2.29. The first-order valence-corrected chi connectivity index (χ1v) is 6.95. The first-order valence-electron chi connectivity index (χ1n) is 6.95. The third-order valence-electron chi connectivity index (χ3n) is 3.90. The molecule has 1 aliphatic carbocycles. The van der Waals surface area contributed by atoms with E-state index in [4.69, 9.17) is 9.84 Å². The van der Waals surface area contributed by atoms with Crippen LogP contribution in [0.25, 0.3) is 0 Å². The van der Waals surface area contributed by atoms with E-state index in [1.54, 1.807) is 0 Å². The van der Waals surface area contributed by atoms with Crippen molar-refractivity contribution in [1.29, 1.82) is 0 Å². The molecule has 18 heavy (non-hydrogen) atoms. The lowest BCUT2D eigenvalue weighted by molar-refractivity contribution is -0.142. The highest BCUT2D eigenvalue weighted by molar-refractivity contribution is 5.69. The third kappa shape index (κ3) is 5.17. The Balaban J connectivity index is 2.29. The largest absolute Gasteiger partial charge is 0.481 e. The monoisotopic (exact) mass is 256 g/mol. The molecule has 0 aromatic rings. The van der Waals surface area contributed by atoms with Gasteiger partial charge in [0.15, 0.2) is 0 Å². The molecule has 0 bridgehead atoms. The van der Waals surface area contributed by atoms with Crippen molar-refractivity contribution in [3.63, 3.8) is 0 Å². The highest BCUT2D eigenvalue weighted by Crippen LogP contribution is 2.31. The number of hydrogen-bond donors (Lipinski definition) is 1. The minimum atomic E-state index is -0.679. The van der Waals surface area contributed by atoms with Crippen LogP contribution in [0.4, 0.5) is 0 Å². The summed E-state index contributed by atoms with van der Waals surface area (Å²) in [5.41, 5.74) is 0. The second-order valence-corrected chi connectivity index (χ2v) is 5.18. The van der Waals surface area contributed by atoms with Gasteiger partial charge in [-0.3, -0.25) is 4.79 Å². The molecule has 1 fully saturated rings. The second-order valence-electron chi connectivity index (χ2n) is 5.18. The highest BCUT2D eigenvalue weighted by atomic mass is 16.5. The maximum absolute atomic E-state index is 10.9. The van der Waals surface area contributed by atoms with Gasteiger partial charge in [0.1, 0.15) is 12.9 Å². The zero-order valence-electron chi connectivity index (χ0n) is 11.1. The van der Waals surface area contributed by atoms with Crippen molar-refractivity contribution < 1.29 is 19.4 Å². The average Bonchev–Trinajstić information content (AvgIpc) is 2.37. The van der Waals surface area contributed by atoms with Crippen LogP contribution in [0.15, 0.2) is 0 Å². The number of rotatable bonds is 8. The molecule has 0 aromatic carbocycles. The molecule has 0 radical (unpaired) electrons. The molecular weight excluding hydrogens is 232 g/mol. The molecule has 0 spiro atoms. The fourth-order valence-corrected chi connectivity index (χ4v) is 2.77. The number of ether oxygens (including phenoxy) is 1. The second kappa shape index (κ2) is 8.25. The van der Waals surface area contributed by atoms with E-state index >= 15 is 0 Å². The molecule has 0 aromatic heterocycles. The quantitative estimate of drug-likeness (QED) is 0.678. The lowest BCUT2D eigenvalue weighted by atomic mass is 9.82. The van der Waals surface area contributed by atoms with E-state index in [-0.39, 0.29) is 18.6 Å². The first-order chi connectivity index (χ1) is 8.67. The van der Waals surface area contributed by atoms with E-state index in [9.17, 15) is 9.59 Å². The van der Waals surface area contributed by atoms with Gasteiger partial charge in [-0.15, -0.1) is 0 Å². The van der Waals surface area contributed by atoms with Crippen molar-refractivity contribution in [1.82, 2.24) is 0 Å². The minimum Gasteiger partial charge on any atom is -0.481 e. The van der Waals surface area contributed by atoms with Gasteiger partial charge in [-0.2, -0.15) is 0 Å². The zero-order valence-corrected chi connectivity index (χ0v) is 11.1. The number of carboxylic acids is 1. The third-order valence-corrected chi connectivity index (χ3v) is 3.90. The molecule has 1 aliphatic rings. The summed E-state index contributed by atoms with van der Waals surface area (Å²) in [5.74, 6) is -0.327. The van der Waals surface area contributed by atoms with Gasteiger partial charge in [-0.05, 0) is 38.0 Å². The van der Waals surface area contributed by atoms with Crippen LogP contribution in [0.2, 0.25) is 0 Å². The maximum Gasteiger partial charge on any atom is 0.306 e. The number of hydrogen-bond acceptors (Lipinski definition) is 3. The van der Waals surface area contributed by atoms with Gasteiger partial charge in [-0.25, -0.2) is 0 Å². The van der Waals surface area contributed by atoms with Crippen molar-refractivity contribution >= 4 is 12.3 Å². The van der Waals surface area contributed by atoms with E-state index in [2.05, 4.69) is 0 Å². The first kappa shape index (κ1) is 15.2. The predicted molar refractivity (Wildman–Crippen MR) is 68.4 cm³/mol. The molecule has 0 saturated heterocycles. The molecule has 1 saturated carbocycles. The van der Waals surface area contributed by atoms with E-state index in [1.807, 2.05) is 6.92 Å². The van der Waals surface area contributed by atoms with Gasteiger partial charge < -0.3 is 14.6 Å². The molecular formula is C14H24O4. The Morgan fingerprint density at radius 1 is 1.50 bits per heavy atom. The summed E-state index contributed by atoms with van der Waals surface area (Å²) in [6.07, 6.45) is 7.70. The van der Waals surface area contributed by atoms with E-state index in [0.29, 0.717) is 12.3 Å². The number of carbonyl (C=O) groups excluding carboxylic acids is 1. The fourth-order valence-electron chi connectivity index (χ4n) is 2.77. The van der Waals surface area contributed by atoms with Crippen LogP contribution < -0.4 is 0 Å². The normalized spacial score (nSPS) is 25.6. The van der Waals surface area contributed by atoms with Gasteiger partial charge in [0.2, 0.25) is 0 Å². The van der Waals surface area contributed by atoms with Crippen LogP contribution in [-0.2, 0) is 14.3 Å². The van der Waals surface area contributed by atoms with Crippen molar-refractivity contribution in [2.24, 2.45) is 11.8 Å². The number of carbonyl (C=O) groups is 2. The van der Waals surface area contributed by atoms with Gasteiger partial charge in [0.25, 0.3) is 0 Å². The minimum absolute atomic E-state index is 0.185. The van der Waals surface area contributed by atoms with Crippen molar-refractivity contribution in [2.75, 3.05) is 6.61 Å². The molecule has 1 rings (SSSR count). The SMILES string of the molecule is CCC(CC[C@H]1CCC[C@@H](OCC=O)C1)C(=O)O. The van der Waals surface area contributed by atoms with E-state index in [0.717, 1.165) is 44.8 Å². The van der Waals surface area contributed by atoms with Crippen LogP contribution in [0.1, 0.15) is 51.9 Å². The molecule has 0 heterocycles. The fraction of sp³-hybridized carbons (Fsp3) is 0.857. The Morgan fingerprint density at radius 3 is 2.89 bits per heavy atom. The summed E-state index contributed by atoms with van der Waals surface area (Å²) in [6, 6.07) is 0. The Kier molecular flexibility index (Phi) is 6.94. The van der Waals surface area contributed by atoms with Crippen molar-refractivity contribution in [2.45, 2.75) is 58.0 Å². The van der Waals surface area contributed by atoms with Crippen molar-refractivity contribution in [3.8, 4) is 0 Å². The van der Waals surface area contributed by atoms with Crippen LogP contribution in [-0.4, -0.2) is 30.1 Å². The molecule has 4 heteroatoms. The summed E-state index contributed by atoms with van der Waals surface area (Å²) in [7, 11) is 0. The highest BCUT2D eigenvalue weighted by Gasteiger charge is 2.24. The average molecular weight is 256 g/mol. The molecule has 1 N–H and O–H groups in total. The van der Waals surface area contributed by atoms with Crippen molar-refractivity contribution in [3.05, 3.63) is 0 Å². The van der Waals surface area contributed by atoms with Gasteiger partial charge in [0, 0.05) is 0 Å². The lowest BCUT2D eigenvalue weighted by Crippen LogP contribution is -2.24. The Hall–Kier alpha value is -0.900. The Labute approximate surface area is 109 Å². The molecule has 4 nitrogen and oxygen atoms in total. The topological polar surface area (TPSA) is 63.6 Å². The maximum atomic E-state index is 10.9. The molecule has 0 amide bonds. The van der Waals surface area contributed by atoms with Crippen LogP contribution in [0, 0.1) is 11.8 Å². The van der Waals surface area contributed by atoms with Crippen LogP contribution >= 0.6 is 0 Å². The molecule has 1 unspecified atom stereocenters. The summed E-state index contributed by atoms with van der Waals surface area (Å²) < 4.78 is 5.46. The zero-order chi connectivity index (χ0) is 13.4. The molecule has 0 aliphatic heterocycles. The predicted octanol–water partition coefficient (Wildman–Crippen LogP) is 2.65.